The number of aromatic hydroxyl groups is 1. The number of phenolic OH excluding ortho intramolecular Hbond substituents is 1. The average Bonchev–Trinajstić information content (AvgIpc) is 2.87. The van der Waals surface area contributed by atoms with E-state index in [1.807, 2.05) is 6.07 Å². The molecule has 0 bridgehead atoms. The topological polar surface area (TPSA) is 41.5 Å². The molecule has 2 N–H and O–H groups in total. The van der Waals surface area contributed by atoms with Gasteiger partial charge in [-0.2, -0.15) is 0 Å². The van der Waals surface area contributed by atoms with Gasteiger partial charge in [0.05, 0.1) is 5.69 Å². The fourth-order valence-electron chi connectivity index (χ4n) is 6.68. The molecular formula is C37H43NO2. The summed E-state index contributed by atoms with van der Waals surface area (Å²) in [6, 6.07) is 21.5. The molecule has 0 aliphatic carbocycles. The van der Waals surface area contributed by atoms with Crippen molar-refractivity contribution in [3.05, 3.63) is 99.6 Å². The van der Waals surface area contributed by atoms with Crippen LogP contribution in [0.15, 0.2) is 60.7 Å². The van der Waals surface area contributed by atoms with Gasteiger partial charge in [0, 0.05) is 27.8 Å². The molecule has 4 aromatic carbocycles. The summed E-state index contributed by atoms with van der Waals surface area (Å²) in [5.41, 5.74) is 16.6. The van der Waals surface area contributed by atoms with Crippen molar-refractivity contribution in [1.82, 2.24) is 0 Å². The molecule has 3 nitrogen and oxygen atoms in total. The fraction of sp³-hybridized carbons (Fsp3) is 0.351. The molecular weight excluding hydrogens is 490 g/mol. The lowest BCUT2D eigenvalue weighted by Gasteiger charge is -2.35. The molecule has 1 heterocycles. The third kappa shape index (κ3) is 4.87. The van der Waals surface area contributed by atoms with Crippen molar-refractivity contribution in [2.75, 3.05) is 5.48 Å². The molecule has 5 rings (SSSR count). The number of anilines is 1. The van der Waals surface area contributed by atoms with E-state index in [1.165, 1.54) is 38.9 Å². The van der Waals surface area contributed by atoms with Crippen LogP contribution >= 0.6 is 0 Å². The van der Waals surface area contributed by atoms with Gasteiger partial charge in [-0.05, 0) is 92.2 Å². The summed E-state index contributed by atoms with van der Waals surface area (Å²) in [5, 5.41) is 11.6. The van der Waals surface area contributed by atoms with Crippen molar-refractivity contribution in [2.24, 2.45) is 0 Å². The minimum atomic E-state index is -0.224. The number of rotatable bonds is 6. The zero-order valence-corrected chi connectivity index (χ0v) is 25.5. The first kappa shape index (κ1) is 27.8. The molecule has 0 unspecified atom stereocenters. The van der Waals surface area contributed by atoms with Gasteiger partial charge in [0.15, 0.2) is 5.75 Å². The minimum absolute atomic E-state index is 0.141. The average molecular weight is 534 g/mol. The van der Waals surface area contributed by atoms with Gasteiger partial charge in [-0.25, -0.2) is 5.48 Å². The Morgan fingerprint density at radius 1 is 0.650 bits per heavy atom. The Hall–Kier alpha value is -3.72. The van der Waals surface area contributed by atoms with Crippen LogP contribution in [0.1, 0.15) is 79.5 Å². The second kappa shape index (κ2) is 10.0. The molecule has 0 saturated carbocycles. The van der Waals surface area contributed by atoms with Gasteiger partial charge in [0.25, 0.3) is 0 Å². The van der Waals surface area contributed by atoms with Crippen molar-refractivity contribution in [2.45, 2.75) is 86.0 Å². The minimum Gasteiger partial charge on any atom is -0.507 e. The monoisotopic (exact) mass is 533 g/mol. The third-order valence-electron chi connectivity index (χ3n) is 8.84. The molecule has 0 spiro atoms. The molecule has 0 atom stereocenters. The number of nitrogens with one attached hydrogen (secondary N) is 1. The first-order valence-electron chi connectivity index (χ1n) is 14.4. The zero-order valence-electron chi connectivity index (χ0n) is 25.5. The lowest BCUT2D eigenvalue weighted by atomic mass is 9.71. The molecule has 0 radical (unpaired) electrons. The second-order valence-corrected chi connectivity index (χ2v) is 13.1. The predicted octanol–water partition coefficient (Wildman–Crippen LogP) is 10.0. The lowest BCUT2D eigenvalue weighted by molar-refractivity contribution is 0.343. The number of para-hydroxylation sites is 2. The number of hydrogen-bond donors (Lipinski definition) is 2. The van der Waals surface area contributed by atoms with E-state index >= 15 is 0 Å². The van der Waals surface area contributed by atoms with Gasteiger partial charge in [0.2, 0.25) is 0 Å². The van der Waals surface area contributed by atoms with Gasteiger partial charge < -0.3 is 9.94 Å². The Kier molecular flexibility index (Phi) is 6.98. The van der Waals surface area contributed by atoms with Gasteiger partial charge in [-0.1, -0.05) is 87.9 Å². The van der Waals surface area contributed by atoms with Crippen LogP contribution in [0.3, 0.4) is 0 Å². The van der Waals surface area contributed by atoms with Crippen molar-refractivity contribution < 1.29 is 9.94 Å². The van der Waals surface area contributed by atoms with Crippen LogP contribution in [0.5, 0.6) is 11.5 Å². The molecule has 0 saturated heterocycles. The Morgan fingerprint density at radius 3 is 1.77 bits per heavy atom. The molecule has 208 valence electrons. The summed E-state index contributed by atoms with van der Waals surface area (Å²) in [5.74, 6) is 1.31. The van der Waals surface area contributed by atoms with Crippen LogP contribution in [-0.2, 0) is 10.8 Å². The fourth-order valence-corrected chi connectivity index (χ4v) is 6.68. The lowest BCUT2D eigenvalue weighted by Crippen LogP contribution is -2.26. The Bertz CT molecular complexity index is 1590. The zero-order chi connectivity index (χ0) is 29.0. The maximum absolute atomic E-state index is 11.6. The Balaban J connectivity index is 1.46. The SMILES string of the molecule is Cc1cc(C)c(-c2cccc(C(C)(C)CCC(C)(C)c3cccc4c3ONc3cc(C)cc(C)c3-4)c2O)c(C)c1. The number of hydrogen-bond acceptors (Lipinski definition) is 3. The number of phenols is 1. The standard InChI is InChI=1S/C37H43NO2/c1-22-18-24(3)32(25(4)19-22)27-12-10-14-29(34(27)39)36(6,7)16-17-37(8,9)30-15-11-13-28-33-26(5)20-23(2)21-31(33)38-40-35(28)30/h10-15,18-21,38-39H,16-17H2,1-9H3. The van der Waals surface area contributed by atoms with Crippen molar-refractivity contribution in [3.8, 4) is 33.8 Å². The largest absolute Gasteiger partial charge is 0.507 e. The molecule has 0 aromatic heterocycles. The van der Waals surface area contributed by atoms with Crippen molar-refractivity contribution in [1.29, 1.82) is 0 Å². The highest BCUT2D eigenvalue weighted by Gasteiger charge is 2.33. The summed E-state index contributed by atoms with van der Waals surface area (Å²) in [7, 11) is 0. The highest BCUT2D eigenvalue weighted by atomic mass is 16.6. The molecule has 4 aromatic rings. The maximum Gasteiger partial charge on any atom is 0.166 e. The normalized spacial score (nSPS) is 12.8. The highest BCUT2D eigenvalue weighted by Crippen LogP contribution is 2.49. The molecule has 3 heteroatoms. The van der Waals surface area contributed by atoms with E-state index in [0.717, 1.165) is 46.5 Å². The Morgan fingerprint density at radius 2 is 1.15 bits per heavy atom. The molecule has 0 fully saturated rings. The summed E-state index contributed by atoms with van der Waals surface area (Å²) in [6.45, 7) is 19.8. The van der Waals surface area contributed by atoms with Crippen molar-refractivity contribution in [3.63, 3.8) is 0 Å². The number of fused-ring (bicyclic) bond motifs is 3. The van der Waals surface area contributed by atoms with Crippen LogP contribution < -0.4 is 10.3 Å². The summed E-state index contributed by atoms with van der Waals surface area (Å²) in [6.07, 6.45) is 1.85. The molecule has 1 aliphatic rings. The summed E-state index contributed by atoms with van der Waals surface area (Å²) in [4.78, 5) is 6.22. The number of aryl methyl sites for hydroxylation is 5. The highest BCUT2D eigenvalue weighted by molar-refractivity contribution is 5.87. The van der Waals surface area contributed by atoms with Crippen LogP contribution in [-0.4, -0.2) is 5.11 Å². The van der Waals surface area contributed by atoms with Crippen LogP contribution in [0, 0.1) is 34.6 Å². The second-order valence-electron chi connectivity index (χ2n) is 13.1. The molecule has 40 heavy (non-hydrogen) atoms. The van der Waals surface area contributed by atoms with Crippen LogP contribution in [0.2, 0.25) is 0 Å². The van der Waals surface area contributed by atoms with E-state index in [9.17, 15) is 5.11 Å². The van der Waals surface area contributed by atoms with Gasteiger partial charge in [0.1, 0.15) is 5.75 Å². The van der Waals surface area contributed by atoms with Crippen LogP contribution in [0.4, 0.5) is 5.69 Å². The van der Waals surface area contributed by atoms with Crippen molar-refractivity contribution >= 4 is 5.69 Å². The first-order valence-corrected chi connectivity index (χ1v) is 14.4. The quantitative estimate of drug-likeness (QED) is 0.259. The first-order chi connectivity index (χ1) is 18.8. The van der Waals surface area contributed by atoms with Gasteiger partial charge >= 0.3 is 0 Å². The van der Waals surface area contributed by atoms with E-state index < -0.39 is 0 Å². The van der Waals surface area contributed by atoms with E-state index in [4.69, 9.17) is 4.84 Å². The van der Waals surface area contributed by atoms with E-state index in [1.54, 1.807) is 0 Å². The van der Waals surface area contributed by atoms with E-state index in [-0.39, 0.29) is 10.8 Å². The van der Waals surface area contributed by atoms with E-state index in [2.05, 4.69) is 122 Å². The molecule has 1 aliphatic heterocycles. The molecule has 0 amide bonds. The maximum atomic E-state index is 11.6. The summed E-state index contributed by atoms with van der Waals surface area (Å²) < 4.78 is 0. The number of benzene rings is 4. The predicted molar refractivity (Wildman–Crippen MR) is 169 cm³/mol. The Labute approximate surface area is 240 Å². The van der Waals surface area contributed by atoms with E-state index in [0.29, 0.717) is 5.75 Å². The summed E-state index contributed by atoms with van der Waals surface area (Å²) >= 11 is 0. The van der Waals surface area contributed by atoms with Gasteiger partial charge in [-0.15, -0.1) is 0 Å². The van der Waals surface area contributed by atoms with Gasteiger partial charge in [-0.3, -0.25) is 0 Å². The smallest absolute Gasteiger partial charge is 0.166 e. The third-order valence-corrected chi connectivity index (χ3v) is 8.84. The van der Waals surface area contributed by atoms with Crippen LogP contribution in [0.25, 0.3) is 22.3 Å².